The molecule has 4 heterocycles. The fourth-order valence-electron chi connectivity index (χ4n) is 7.69. The fraction of sp³-hybridized carbons (Fsp3) is 0.333. The van der Waals surface area contributed by atoms with E-state index in [1.807, 2.05) is 72.3 Å². The zero-order valence-corrected chi connectivity index (χ0v) is 38.2. The van der Waals surface area contributed by atoms with E-state index in [2.05, 4.69) is 58.6 Å². The van der Waals surface area contributed by atoms with Gasteiger partial charge in [-0.05, 0) is 110 Å². The number of aryl methyl sites for hydroxylation is 3. The number of nitrogens with zero attached hydrogens (tertiary/aromatic N) is 5. The number of fused-ring (bicyclic) bond motifs is 4. The molecule has 6 aromatic rings. The largest absolute Gasteiger partial charge is 0.491 e. The van der Waals surface area contributed by atoms with Gasteiger partial charge in [0.05, 0.1) is 45.2 Å². The Bertz CT molecular complexity index is 2580. The van der Waals surface area contributed by atoms with Crippen LogP contribution in [0.5, 0.6) is 5.75 Å². The Balaban J connectivity index is 0.00000595. The smallest absolute Gasteiger partial charge is 0.227 e. The standard InChI is InChI=1S/C48H49ClN6O6S.H2S/c1-30-31(2)62-48-45(30)46(33-8-10-38(49)11-9-33)52-43(47-54-53-32(3)55(47)48)29-44(57)51-39-12-14-42(15-13-39)61-24-23-60-22-21-59-20-19-58-18-4-5-40-26-36(16-17-50-40)34-6-7-35-27-41(56)28-37(35)25-34;/h6-17,25-26,43H,4-5,18-24,27-29H2,1-3H3,(H,51,57);1H2/t43-;/m0./s1. The van der Waals surface area contributed by atoms with E-state index in [1.54, 1.807) is 11.3 Å². The number of hydrogen-bond acceptors (Lipinski definition) is 11. The van der Waals surface area contributed by atoms with E-state index in [0.29, 0.717) is 81.4 Å². The quantitative estimate of drug-likeness (QED) is 0.0791. The molecule has 2 aliphatic rings. The third-order valence-electron chi connectivity index (χ3n) is 11.0. The van der Waals surface area contributed by atoms with Gasteiger partial charge >= 0.3 is 0 Å². The number of halogens is 1. The van der Waals surface area contributed by atoms with Crippen molar-refractivity contribution in [3.05, 3.63) is 140 Å². The van der Waals surface area contributed by atoms with Crippen LogP contribution in [-0.2, 0) is 43.1 Å². The lowest BCUT2D eigenvalue weighted by Gasteiger charge is -2.13. The van der Waals surface area contributed by atoms with Crippen molar-refractivity contribution in [3.63, 3.8) is 0 Å². The Morgan fingerprint density at radius 2 is 1.49 bits per heavy atom. The van der Waals surface area contributed by atoms with Crippen molar-refractivity contribution in [2.45, 2.75) is 58.9 Å². The van der Waals surface area contributed by atoms with Gasteiger partial charge in [0.25, 0.3) is 0 Å². The van der Waals surface area contributed by atoms with Crippen molar-refractivity contribution in [1.82, 2.24) is 19.7 Å². The molecule has 0 bridgehead atoms. The number of amides is 1. The minimum atomic E-state index is -0.566. The number of hydrogen-bond donors (Lipinski definition) is 1. The number of rotatable bonds is 19. The maximum absolute atomic E-state index is 13.5. The summed E-state index contributed by atoms with van der Waals surface area (Å²) in [5.41, 5.74) is 10.1. The second-order valence-electron chi connectivity index (χ2n) is 15.4. The van der Waals surface area contributed by atoms with E-state index in [9.17, 15) is 9.59 Å². The lowest BCUT2D eigenvalue weighted by atomic mass is 9.99. The van der Waals surface area contributed by atoms with E-state index in [1.165, 1.54) is 4.88 Å². The van der Waals surface area contributed by atoms with E-state index in [4.69, 9.17) is 35.5 Å². The molecule has 3 aromatic carbocycles. The Morgan fingerprint density at radius 1 is 0.810 bits per heavy atom. The van der Waals surface area contributed by atoms with E-state index >= 15 is 0 Å². The van der Waals surface area contributed by atoms with Crippen LogP contribution in [0.1, 0.15) is 68.9 Å². The molecule has 1 N–H and O–H groups in total. The highest BCUT2D eigenvalue weighted by Gasteiger charge is 2.32. The molecule has 1 aliphatic carbocycles. The van der Waals surface area contributed by atoms with Gasteiger partial charge in [-0.15, -0.1) is 21.5 Å². The van der Waals surface area contributed by atoms with Gasteiger partial charge in [0, 0.05) is 58.1 Å². The number of carbonyl (C=O) groups excluding carboxylic acids is 2. The molecule has 8 rings (SSSR count). The Morgan fingerprint density at radius 3 is 2.25 bits per heavy atom. The highest BCUT2D eigenvalue weighted by Crippen LogP contribution is 2.40. The molecule has 0 radical (unpaired) electrons. The number of ketones is 1. The van der Waals surface area contributed by atoms with Crippen molar-refractivity contribution >= 4 is 59.5 Å². The van der Waals surface area contributed by atoms with Crippen LogP contribution in [0.15, 0.2) is 90.1 Å². The number of nitrogens with one attached hydrogen (secondary N) is 1. The van der Waals surface area contributed by atoms with Crippen LogP contribution in [0.3, 0.4) is 0 Å². The first kappa shape index (κ1) is 45.8. The third kappa shape index (κ3) is 11.3. The van der Waals surface area contributed by atoms with Gasteiger partial charge in [0.2, 0.25) is 5.91 Å². The minimum Gasteiger partial charge on any atom is -0.491 e. The molecule has 328 valence electrons. The molecule has 0 saturated carbocycles. The van der Waals surface area contributed by atoms with Crippen molar-refractivity contribution in [2.75, 3.05) is 51.6 Å². The van der Waals surface area contributed by atoms with Crippen LogP contribution in [0, 0.1) is 20.8 Å². The third-order valence-corrected chi connectivity index (χ3v) is 12.4. The number of anilines is 1. The summed E-state index contributed by atoms with van der Waals surface area (Å²) < 4.78 is 25.0. The Kier molecular flexibility index (Phi) is 15.6. The lowest BCUT2D eigenvalue weighted by Crippen LogP contribution is -2.17. The van der Waals surface area contributed by atoms with E-state index in [0.717, 1.165) is 74.0 Å². The molecule has 1 amide bonds. The van der Waals surface area contributed by atoms with Crippen LogP contribution in [0.25, 0.3) is 16.1 Å². The molecule has 15 heteroatoms. The summed E-state index contributed by atoms with van der Waals surface area (Å²) in [6.07, 6.45) is 4.69. The SMILES string of the molecule is Cc1sc2c(c1C)C(c1ccc(Cl)cc1)=N[C@@H](CC(=O)Nc1ccc(OCCOCCOCCOCCCc3cc(-c4ccc5c(c4)CC(=O)C5)ccn3)cc1)c1nnc(C)n1-2.S. The number of thiophene rings is 1. The van der Waals surface area contributed by atoms with Gasteiger partial charge in [0.15, 0.2) is 5.82 Å². The Labute approximate surface area is 383 Å². The summed E-state index contributed by atoms with van der Waals surface area (Å²) >= 11 is 7.92. The van der Waals surface area contributed by atoms with Gasteiger partial charge in [-0.3, -0.25) is 24.1 Å². The molecular weight excluding hydrogens is 856 g/mol. The molecule has 1 atom stereocenters. The van der Waals surface area contributed by atoms with Crippen molar-refractivity contribution in [1.29, 1.82) is 0 Å². The van der Waals surface area contributed by atoms with Crippen molar-refractivity contribution in [2.24, 2.45) is 4.99 Å². The van der Waals surface area contributed by atoms with Gasteiger partial charge in [-0.25, -0.2) is 0 Å². The predicted octanol–water partition coefficient (Wildman–Crippen LogP) is 8.73. The average Bonchev–Trinajstić information content (AvgIpc) is 3.91. The predicted molar refractivity (Wildman–Crippen MR) is 252 cm³/mol. The normalized spacial score (nSPS) is 14.0. The number of aliphatic imine (C=N–C) groups is 1. The second-order valence-corrected chi connectivity index (χ2v) is 17.0. The Hall–Kier alpha value is -5.22. The summed E-state index contributed by atoms with van der Waals surface area (Å²) in [5, 5.41) is 13.5. The zero-order valence-electron chi connectivity index (χ0n) is 35.6. The van der Waals surface area contributed by atoms with Gasteiger partial charge in [-0.2, -0.15) is 13.5 Å². The highest BCUT2D eigenvalue weighted by atomic mass is 35.5. The van der Waals surface area contributed by atoms with E-state index < -0.39 is 6.04 Å². The summed E-state index contributed by atoms with van der Waals surface area (Å²) in [7, 11) is 0. The summed E-state index contributed by atoms with van der Waals surface area (Å²) in [4.78, 5) is 36.2. The lowest BCUT2D eigenvalue weighted by molar-refractivity contribution is -0.117. The van der Waals surface area contributed by atoms with Crippen LogP contribution < -0.4 is 10.1 Å². The average molecular weight is 908 g/mol. The van der Waals surface area contributed by atoms with Crippen LogP contribution in [-0.4, -0.2) is 83.4 Å². The number of aromatic nitrogens is 4. The van der Waals surface area contributed by atoms with Crippen LogP contribution >= 0.6 is 36.4 Å². The number of Topliss-reactive ketones (excluding diaryl/α,β-unsaturated/α-hetero) is 1. The molecule has 63 heavy (non-hydrogen) atoms. The van der Waals surface area contributed by atoms with E-state index in [-0.39, 0.29) is 31.6 Å². The first-order chi connectivity index (χ1) is 30.2. The number of carbonyl (C=O) groups is 2. The first-order valence-corrected chi connectivity index (χ1v) is 22.1. The van der Waals surface area contributed by atoms with Gasteiger partial charge in [0.1, 0.15) is 35.0 Å². The monoisotopic (exact) mass is 906 g/mol. The number of benzene rings is 3. The molecule has 0 saturated heterocycles. The summed E-state index contributed by atoms with van der Waals surface area (Å²) in [5.74, 6) is 2.13. The molecule has 0 spiro atoms. The maximum Gasteiger partial charge on any atom is 0.227 e. The molecule has 3 aromatic heterocycles. The second kappa shape index (κ2) is 21.4. The first-order valence-electron chi connectivity index (χ1n) is 20.9. The highest BCUT2D eigenvalue weighted by molar-refractivity contribution is 7.59. The molecule has 12 nitrogen and oxygen atoms in total. The van der Waals surface area contributed by atoms with Crippen LogP contribution in [0.4, 0.5) is 5.69 Å². The summed E-state index contributed by atoms with van der Waals surface area (Å²) in [6.45, 7) is 9.46. The van der Waals surface area contributed by atoms with Crippen molar-refractivity contribution < 1.29 is 28.5 Å². The molecule has 0 fully saturated rings. The van der Waals surface area contributed by atoms with Crippen LogP contribution in [0.2, 0.25) is 5.02 Å². The van der Waals surface area contributed by atoms with Crippen molar-refractivity contribution in [3.8, 4) is 21.9 Å². The number of pyridine rings is 1. The number of ether oxygens (including phenoxy) is 4. The van der Waals surface area contributed by atoms with Gasteiger partial charge < -0.3 is 24.3 Å². The zero-order chi connectivity index (χ0) is 43.0. The summed E-state index contributed by atoms with van der Waals surface area (Å²) in [6, 6.07) is 24.8. The minimum absolute atomic E-state index is 0. The fourth-order valence-corrected chi connectivity index (χ4v) is 9.03. The maximum atomic E-state index is 13.5. The topological polar surface area (TPSA) is 139 Å². The molecular formula is C48H51ClN6O6S2. The molecule has 1 aliphatic heterocycles. The molecule has 0 unspecified atom stereocenters. The van der Waals surface area contributed by atoms with Gasteiger partial charge in [-0.1, -0.05) is 41.9 Å².